The normalized spacial score (nSPS) is 31.2. The van der Waals surface area contributed by atoms with Gasteiger partial charge < -0.3 is 19.1 Å². The van der Waals surface area contributed by atoms with Gasteiger partial charge in [0.1, 0.15) is 0 Å². The molecule has 3 aliphatic rings. The molecular formula is C13H17NO5. The second kappa shape index (κ2) is 4.31. The molecule has 3 rings (SSSR count). The van der Waals surface area contributed by atoms with E-state index in [9.17, 15) is 9.59 Å². The van der Waals surface area contributed by atoms with E-state index in [1.165, 1.54) is 0 Å². The number of esters is 1. The van der Waals surface area contributed by atoms with Gasteiger partial charge in [0.05, 0.1) is 25.2 Å². The van der Waals surface area contributed by atoms with Crippen LogP contribution in [-0.4, -0.2) is 48.5 Å². The molecule has 0 bridgehead atoms. The smallest absolute Gasteiger partial charge is 0.307 e. The quantitative estimate of drug-likeness (QED) is 0.420. The summed E-state index contributed by atoms with van der Waals surface area (Å²) in [4.78, 5) is 24.6. The molecule has 0 N–H and O–H groups in total. The van der Waals surface area contributed by atoms with E-state index in [1.54, 1.807) is 11.8 Å². The molecular weight excluding hydrogens is 250 g/mol. The van der Waals surface area contributed by atoms with E-state index in [0.29, 0.717) is 19.6 Å². The summed E-state index contributed by atoms with van der Waals surface area (Å²) in [6.07, 6.45) is 2.29. The van der Waals surface area contributed by atoms with Crippen LogP contribution in [0, 0.1) is 5.92 Å². The Bertz CT molecular complexity index is 452. The topological polar surface area (TPSA) is 65.1 Å². The number of β-lactam (4-membered cyclic amide) rings is 1. The summed E-state index contributed by atoms with van der Waals surface area (Å²) < 4.78 is 16.1. The average Bonchev–Trinajstić information content (AvgIpc) is 2.79. The number of likely N-dealkylation sites (tertiary alicyclic amines) is 1. The molecule has 0 aromatic carbocycles. The molecule has 0 radical (unpaired) electrons. The van der Waals surface area contributed by atoms with Gasteiger partial charge in [-0.15, -0.1) is 0 Å². The lowest BCUT2D eigenvalue weighted by atomic mass is 9.68. The first kappa shape index (κ1) is 12.6. The van der Waals surface area contributed by atoms with Crippen LogP contribution >= 0.6 is 0 Å². The molecule has 2 heterocycles. The fourth-order valence-electron chi connectivity index (χ4n) is 2.75. The van der Waals surface area contributed by atoms with Crippen LogP contribution in [-0.2, 0) is 23.8 Å². The predicted molar refractivity (Wildman–Crippen MR) is 63.8 cm³/mol. The number of carbonyl (C=O) groups excluding carboxylic acids is 2. The zero-order chi connectivity index (χ0) is 13.6. The molecule has 0 unspecified atom stereocenters. The molecule has 0 aromatic heterocycles. The zero-order valence-electron chi connectivity index (χ0n) is 11.0. The van der Waals surface area contributed by atoms with Crippen molar-refractivity contribution in [3.05, 3.63) is 11.6 Å². The lowest BCUT2D eigenvalue weighted by molar-refractivity contribution is -0.179. The summed E-state index contributed by atoms with van der Waals surface area (Å²) >= 11 is 0. The molecule has 6 nitrogen and oxygen atoms in total. The number of nitrogens with zero attached hydrogens (tertiary/aromatic N) is 1. The van der Waals surface area contributed by atoms with Crippen molar-refractivity contribution in [1.82, 2.24) is 4.90 Å². The molecule has 0 spiro atoms. The Kier molecular flexibility index (Phi) is 2.87. The minimum atomic E-state index is -0.747. The van der Waals surface area contributed by atoms with Gasteiger partial charge in [0, 0.05) is 12.0 Å². The maximum Gasteiger partial charge on any atom is 0.307 e. The first-order valence-corrected chi connectivity index (χ1v) is 6.53. The molecule has 2 atom stereocenters. The Morgan fingerprint density at radius 3 is 2.79 bits per heavy atom. The second-order valence-electron chi connectivity index (χ2n) is 5.04. The van der Waals surface area contributed by atoms with E-state index < -0.39 is 5.79 Å². The summed E-state index contributed by atoms with van der Waals surface area (Å²) in [5, 5.41) is 0. The van der Waals surface area contributed by atoms with E-state index in [0.717, 1.165) is 5.57 Å². The Labute approximate surface area is 111 Å². The van der Waals surface area contributed by atoms with Crippen LogP contribution < -0.4 is 0 Å². The van der Waals surface area contributed by atoms with Crippen LogP contribution in [0.1, 0.15) is 20.3 Å². The highest BCUT2D eigenvalue weighted by Gasteiger charge is 2.60. The average molecular weight is 267 g/mol. The third-order valence-electron chi connectivity index (χ3n) is 3.95. The van der Waals surface area contributed by atoms with Gasteiger partial charge in [0.25, 0.3) is 0 Å². The molecule has 1 amide bonds. The molecule has 6 heteroatoms. The number of hydrogen-bond donors (Lipinski definition) is 0. The molecule has 19 heavy (non-hydrogen) atoms. The van der Waals surface area contributed by atoms with Crippen LogP contribution in [0.15, 0.2) is 11.6 Å². The van der Waals surface area contributed by atoms with E-state index >= 15 is 0 Å². The van der Waals surface area contributed by atoms with E-state index in [-0.39, 0.29) is 30.6 Å². The van der Waals surface area contributed by atoms with E-state index in [1.807, 2.05) is 13.0 Å². The highest BCUT2D eigenvalue weighted by molar-refractivity contribution is 5.93. The SMILES string of the molecule is CCC(=O)OCN1C(=O)[C@H]2C(C3(C)OCCO3)=C[C@H]21. The van der Waals surface area contributed by atoms with Crippen molar-refractivity contribution in [2.75, 3.05) is 19.9 Å². The van der Waals surface area contributed by atoms with Gasteiger partial charge in [-0.05, 0) is 6.92 Å². The van der Waals surface area contributed by atoms with Crippen LogP contribution in [0.2, 0.25) is 0 Å². The summed E-state index contributed by atoms with van der Waals surface area (Å²) in [6.45, 7) is 4.71. The van der Waals surface area contributed by atoms with Crippen molar-refractivity contribution >= 4 is 11.9 Å². The van der Waals surface area contributed by atoms with Crippen molar-refractivity contribution in [2.45, 2.75) is 32.1 Å². The van der Waals surface area contributed by atoms with Gasteiger partial charge in [-0.1, -0.05) is 13.0 Å². The molecule has 0 saturated carbocycles. The van der Waals surface area contributed by atoms with Gasteiger partial charge in [-0.2, -0.15) is 0 Å². The summed E-state index contributed by atoms with van der Waals surface area (Å²) in [5.74, 6) is -1.23. The maximum atomic E-state index is 12.0. The van der Waals surface area contributed by atoms with Crippen molar-refractivity contribution < 1.29 is 23.8 Å². The van der Waals surface area contributed by atoms with Crippen LogP contribution in [0.5, 0.6) is 0 Å². The van der Waals surface area contributed by atoms with Crippen molar-refractivity contribution in [3.8, 4) is 0 Å². The highest BCUT2D eigenvalue weighted by Crippen LogP contribution is 2.49. The van der Waals surface area contributed by atoms with Gasteiger partial charge in [0.2, 0.25) is 5.91 Å². The standard InChI is InChI=1S/C13H17NO5/c1-3-10(15)17-7-14-9-6-8(11(9)12(14)16)13(2)18-4-5-19-13/h6,9,11H,3-5,7H2,1-2H3/t9-,11+/m1/s1. The Morgan fingerprint density at radius 2 is 2.21 bits per heavy atom. The van der Waals surface area contributed by atoms with Crippen molar-refractivity contribution in [1.29, 1.82) is 0 Å². The Balaban J connectivity index is 1.62. The molecule has 2 saturated heterocycles. The third kappa shape index (κ3) is 1.78. The number of fused-ring (bicyclic) bond motifs is 1. The minimum Gasteiger partial charge on any atom is -0.444 e. The lowest BCUT2D eigenvalue weighted by Crippen LogP contribution is -2.68. The second-order valence-corrected chi connectivity index (χ2v) is 5.04. The van der Waals surface area contributed by atoms with Gasteiger partial charge in [0.15, 0.2) is 12.5 Å². The van der Waals surface area contributed by atoms with Gasteiger partial charge >= 0.3 is 5.97 Å². The lowest BCUT2D eigenvalue weighted by Gasteiger charge is -2.54. The molecule has 104 valence electrons. The predicted octanol–water partition coefficient (Wildman–Crippen LogP) is 0.427. The summed E-state index contributed by atoms with van der Waals surface area (Å²) in [7, 11) is 0. The van der Waals surface area contributed by atoms with Gasteiger partial charge in [-0.3, -0.25) is 9.59 Å². The maximum absolute atomic E-state index is 12.0. The molecule has 2 aliphatic heterocycles. The Morgan fingerprint density at radius 1 is 1.53 bits per heavy atom. The zero-order valence-corrected chi connectivity index (χ0v) is 11.0. The van der Waals surface area contributed by atoms with Gasteiger partial charge in [-0.25, -0.2) is 0 Å². The molecule has 0 aromatic rings. The summed E-state index contributed by atoms with van der Waals surface area (Å²) in [5.41, 5.74) is 0.901. The minimum absolute atomic E-state index is 0.0215. The number of carbonyl (C=O) groups is 2. The monoisotopic (exact) mass is 267 g/mol. The largest absolute Gasteiger partial charge is 0.444 e. The third-order valence-corrected chi connectivity index (χ3v) is 3.95. The van der Waals surface area contributed by atoms with Crippen molar-refractivity contribution in [2.24, 2.45) is 5.92 Å². The van der Waals surface area contributed by atoms with Crippen LogP contribution in [0.3, 0.4) is 0 Å². The first-order chi connectivity index (χ1) is 9.07. The van der Waals surface area contributed by atoms with Crippen molar-refractivity contribution in [3.63, 3.8) is 0 Å². The number of amides is 1. The van der Waals surface area contributed by atoms with E-state index in [2.05, 4.69) is 0 Å². The number of rotatable bonds is 4. The first-order valence-electron chi connectivity index (χ1n) is 6.53. The van der Waals surface area contributed by atoms with Crippen LogP contribution in [0.4, 0.5) is 0 Å². The fourth-order valence-corrected chi connectivity index (χ4v) is 2.75. The summed E-state index contributed by atoms with van der Waals surface area (Å²) in [6, 6.07) is 0.0248. The molecule has 2 fully saturated rings. The number of hydrogen-bond acceptors (Lipinski definition) is 5. The molecule has 1 aliphatic carbocycles. The fraction of sp³-hybridized carbons (Fsp3) is 0.692. The Hall–Kier alpha value is -1.40. The van der Waals surface area contributed by atoms with E-state index in [4.69, 9.17) is 14.2 Å². The van der Waals surface area contributed by atoms with Crippen LogP contribution in [0.25, 0.3) is 0 Å². The number of ether oxygens (including phenoxy) is 3. The highest BCUT2D eigenvalue weighted by atomic mass is 16.7.